The second kappa shape index (κ2) is 6.19. The minimum atomic E-state index is -4.33. The lowest BCUT2D eigenvalue weighted by atomic mass is 10.2. The molecule has 20 heavy (non-hydrogen) atoms. The number of hydrogen-bond acceptors (Lipinski definition) is 4. The Bertz CT molecular complexity index is 659. The molecule has 0 spiro atoms. The molecule has 0 radical (unpaired) electrons. The summed E-state index contributed by atoms with van der Waals surface area (Å²) in [7, 11) is -4.33. The summed E-state index contributed by atoms with van der Waals surface area (Å²) < 4.78 is 37.7. The zero-order chi connectivity index (χ0) is 15.5. The molecule has 0 fully saturated rings. The fourth-order valence-electron chi connectivity index (χ4n) is 1.44. The molecule has 0 aliphatic carbocycles. The Balaban J connectivity index is 3.32. The zero-order valence-corrected chi connectivity index (χ0v) is 11.9. The smallest absolute Gasteiger partial charge is 0.338 e. The molecule has 0 bridgehead atoms. The normalized spacial score (nSPS) is 11.2. The summed E-state index contributed by atoms with van der Waals surface area (Å²) in [5.74, 6) is -4.90. The molecule has 1 rings (SSSR count). The molecule has 110 valence electrons. The lowest BCUT2D eigenvalue weighted by Crippen LogP contribution is -2.30. The van der Waals surface area contributed by atoms with E-state index < -0.39 is 43.7 Å². The molecule has 1 aromatic rings. The number of halogens is 2. The van der Waals surface area contributed by atoms with Gasteiger partial charge in [-0.1, -0.05) is 11.6 Å². The van der Waals surface area contributed by atoms with Gasteiger partial charge in [-0.25, -0.2) is 17.6 Å². The van der Waals surface area contributed by atoms with Gasteiger partial charge in [0.25, 0.3) is 0 Å². The van der Waals surface area contributed by atoms with Crippen LogP contribution in [0.5, 0.6) is 0 Å². The number of benzene rings is 1. The van der Waals surface area contributed by atoms with Crippen LogP contribution in [0.3, 0.4) is 0 Å². The third kappa shape index (κ3) is 3.67. The third-order valence-corrected chi connectivity index (χ3v) is 4.09. The van der Waals surface area contributed by atoms with E-state index in [9.17, 15) is 22.4 Å². The van der Waals surface area contributed by atoms with Crippen LogP contribution in [0.1, 0.15) is 17.3 Å². The molecule has 2 N–H and O–H groups in total. The molecule has 0 saturated carbocycles. The molecule has 0 atom stereocenters. The SMILES string of the molecule is CCNC(=O)CS(=O)(=O)c1cc(Cl)cc(C(=O)O)c1F. The van der Waals surface area contributed by atoms with Gasteiger partial charge in [-0.05, 0) is 19.1 Å². The van der Waals surface area contributed by atoms with Gasteiger partial charge in [-0.3, -0.25) is 4.79 Å². The van der Waals surface area contributed by atoms with E-state index in [1.54, 1.807) is 6.92 Å². The zero-order valence-electron chi connectivity index (χ0n) is 10.3. The fourth-order valence-corrected chi connectivity index (χ4v) is 3.02. The molecule has 9 heteroatoms. The Morgan fingerprint density at radius 2 is 2.00 bits per heavy atom. The van der Waals surface area contributed by atoms with E-state index >= 15 is 0 Å². The summed E-state index contributed by atoms with van der Waals surface area (Å²) in [6.45, 7) is 1.81. The predicted molar refractivity (Wildman–Crippen MR) is 69.1 cm³/mol. The van der Waals surface area contributed by atoms with Crippen LogP contribution >= 0.6 is 11.6 Å². The first-order chi connectivity index (χ1) is 9.19. The van der Waals surface area contributed by atoms with Crippen LogP contribution in [0.25, 0.3) is 0 Å². The van der Waals surface area contributed by atoms with Crippen LogP contribution in [0, 0.1) is 5.82 Å². The van der Waals surface area contributed by atoms with E-state index in [-0.39, 0.29) is 11.6 Å². The Morgan fingerprint density at radius 3 is 2.50 bits per heavy atom. The molecule has 0 saturated heterocycles. The van der Waals surface area contributed by atoms with Crippen LogP contribution < -0.4 is 5.32 Å². The molecule has 0 aliphatic heterocycles. The standard InChI is InChI=1S/C11H11ClFNO5S/c1-2-14-9(15)5-20(18,19)8-4-6(12)3-7(10(8)13)11(16)17/h3-4H,2,5H2,1H3,(H,14,15)(H,16,17). The molecule has 0 heterocycles. The van der Waals surface area contributed by atoms with Crippen molar-refractivity contribution < 1.29 is 27.5 Å². The number of carboxylic acid groups (broad SMARTS) is 1. The second-order valence-electron chi connectivity index (χ2n) is 3.78. The van der Waals surface area contributed by atoms with Crippen molar-refractivity contribution in [1.82, 2.24) is 5.32 Å². The van der Waals surface area contributed by atoms with Gasteiger partial charge in [0.2, 0.25) is 5.91 Å². The van der Waals surface area contributed by atoms with Gasteiger partial charge in [0.1, 0.15) is 10.6 Å². The van der Waals surface area contributed by atoms with Gasteiger partial charge in [-0.15, -0.1) is 0 Å². The number of carbonyl (C=O) groups excluding carboxylic acids is 1. The molecule has 0 aromatic heterocycles. The predicted octanol–water partition coefficient (Wildman–Crippen LogP) is 1.09. The molecule has 0 unspecified atom stereocenters. The maximum atomic E-state index is 13.9. The van der Waals surface area contributed by atoms with Gasteiger partial charge in [0, 0.05) is 11.6 Å². The van der Waals surface area contributed by atoms with Crippen LogP contribution in [0.15, 0.2) is 17.0 Å². The fraction of sp³-hybridized carbons (Fsp3) is 0.273. The maximum Gasteiger partial charge on any atom is 0.338 e. The molecule has 1 amide bonds. The van der Waals surface area contributed by atoms with Crippen molar-refractivity contribution in [3.8, 4) is 0 Å². The summed E-state index contributed by atoms with van der Waals surface area (Å²) >= 11 is 5.57. The van der Waals surface area contributed by atoms with Gasteiger partial charge in [0.15, 0.2) is 15.7 Å². The Hall–Kier alpha value is -1.67. The van der Waals surface area contributed by atoms with Crippen molar-refractivity contribution in [2.75, 3.05) is 12.3 Å². The van der Waals surface area contributed by atoms with Gasteiger partial charge in [0.05, 0.1) is 5.56 Å². The molecular weight excluding hydrogens is 313 g/mol. The van der Waals surface area contributed by atoms with Crippen LogP contribution in [-0.4, -0.2) is 37.7 Å². The van der Waals surface area contributed by atoms with E-state index in [1.165, 1.54) is 0 Å². The van der Waals surface area contributed by atoms with Gasteiger partial charge < -0.3 is 10.4 Å². The van der Waals surface area contributed by atoms with Crippen molar-refractivity contribution in [3.05, 3.63) is 28.5 Å². The number of carbonyl (C=O) groups is 2. The van der Waals surface area contributed by atoms with E-state index in [0.717, 1.165) is 12.1 Å². The number of hydrogen-bond donors (Lipinski definition) is 2. The summed E-state index contributed by atoms with van der Waals surface area (Å²) in [5, 5.41) is 10.8. The number of sulfone groups is 1. The molecule has 6 nitrogen and oxygen atoms in total. The minimum absolute atomic E-state index is 0.215. The lowest BCUT2D eigenvalue weighted by Gasteiger charge is -2.08. The van der Waals surface area contributed by atoms with E-state index in [2.05, 4.69) is 5.32 Å². The first-order valence-corrected chi connectivity index (χ1v) is 7.44. The van der Waals surface area contributed by atoms with Crippen molar-refractivity contribution in [2.24, 2.45) is 0 Å². The van der Waals surface area contributed by atoms with Crippen LogP contribution in [0.2, 0.25) is 5.02 Å². The average molecular weight is 324 g/mol. The Labute approximate surface area is 119 Å². The van der Waals surface area contributed by atoms with Crippen LogP contribution in [-0.2, 0) is 14.6 Å². The average Bonchev–Trinajstić information content (AvgIpc) is 2.30. The highest BCUT2D eigenvalue weighted by atomic mass is 35.5. The number of rotatable bonds is 5. The summed E-state index contributed by atoms with van der Waals surface area (Å²) in [4.78, 5) is 21.2. The first kappa shape index (κ1) is 16.4. The van der Waals surface area contributed by atoms with E-state index in [4.69, 9.17) is 16.7 Å². The van der Waals surface area contributed by atoms with E-state index in [1.807, 2.05) is 0 Å². The highest BCUT2D eigenvalue weighted by Crippen LogP contribution is 2.24. The van der Waals surface area contributed by atoms with Crippen molar-refractivity contribution in [2.45, 2.75) is 11.8 Å². The molecule has 1 aromatic carbocycles. The molecule has 0 aliphatic rings. The largest absolute Gasteiger partial charge is 0.478 e. The second-order valence-corrected chi connectivity index (χ2v) is 6.18. The maximum absolute atomic E-state index is 13.9. The lowest BCUT2D eigenvalue weighted by molar-refractivity contribution is -0.118. The molecular formula is C11H11ClFNO5S. The summed E-state index contributed by atoms with van der Waals surface area (Å²) in [6.07, 6.45) is 0. The van der Waals surface area contributed by atoms with Gasteiger partial charge >= 0.3 is 5.97 Å². The summed E-state index contributed by atoms with van der Waals surface area (Å²) in [5.41, 5.74) is -0.869. The highest BCUT2D eigenvalue weighted by Gasteiger charge is 2.27. The van der Waals surface area contributed by atoms with Crippen molar-refractivity contribution in [3.63, 3.8) is 0 Å². The monoisotopic (exact) mass is 323 g/mol. The Morgan fingerprint density at radius 1 is 1.40 bits per heavy atom. The third-order valence-electron chi connectivity index (χ3n) is 2.26. The Kier molecular flexibility index (Phi) is 5.07. The van der Waals surface area contributed by atoms with Crippen molar-refractivity contribution >= 4 is 33.3 Å². The van der Waals surface area contributed by atoms with Crippen LogP contribution in [0.4, 0.5) is 4.39 Å². The highest BCUT2D eigenvalue weighted by molar-refractivity contribution is 7.92. The number of amides is 1. The summed E-state index contributed by atoms with van der Waals surface area (Å²) in [6, 6.07) is 1.57. The number of carboxylic acids is 1. The minimum Gasteiger partial charge on any atom is -0.478 e. The first-order valence-electron chi connectivity index (χ1n) is 5.40. The quantitative estimate of drug-likeness (QED) is 0.844. The van der Waals surface area contributed by atoms with Crippen molar-refractivity contribution in [1.29, 1.82) is 0 Å². The van der Waals surface area contributed by atoms with E-state index in [0.29, 0.717) is 0 Å². The topological polar surface area (TPSA) is 101 Å². The number of nitrogens with one attached hydrogen (secondary N) is 1. The van der Waals surface area contributed by atoms with Gasteiger partial charge in [-0.2, -0.15) is 0 Å². The number of aromatic carboxylic acids is 1.